The Morgan fingerprint density at radius 3 is 2.86 bits per heavy atom. The van der Waals surface area contributed by atoms with E-state index in [1.54, 1.807) is 0 Å². The fourth-order valence-corrected chi connectivity index (χ4v) is 3.75. The lowest BCUT2D eigenvalue weighted by atomic mass is 9.72. The van der Waals surface area contributed by atoms with Crippen LogP contribution >= 0.6 is 0 Å². The van der Waals surface area contributed by atoms with E-state index >= 15 is 0 Å². The number of nitrogens with zero attached hydrogens (tertiary/aromatic N) is 3. The molecule has 3 heterocycles. The Kier molecular flexibility index (Phi) is 4.29. The summed E-state index contributed by atoms with van der Waals surface area (Å²) >= 11 is 0. The van der Waals surface area contributed by atoms with Crippen LogP contribution in [0.3, 0.4) is 0 Å². The number of amides is 1. The molecule has 116 valence electrons. The van der Waals surface area contributed by atoms with Gasteiger partial charge in [0.15, 0.2) is 0 Å². The quantitative estimate of drug-likeness (QED) is 0.910. The molecule has 1 aromatic rings. The number of hydrogen-bond acceptors (Lipinski definition) is 3. The third kappa shape index (κ3) is 3.46. The van der Waals surface area contributed by atoms with Crippen molar-refractivity contribution in [2.75, 3.05) is 26.2 Å². The van der Waals surface area contributed by atoms with E-state index in [1.165, 1.54) is 18.4 Å². The Labute approximate surface area is 126 Å². The number of aromatic nitrogens is 2. The van der Waals surface area contributed by atoms with Gasteiger partial charge in [-0.15, -0.1) is 0 Å². The average molecular weight is 290 g/mol. The molecule has 0 aromatic carbocycles. The number of likely N-dealkylation sites (tertiary alicyclic amines) is 1. The molecule has 21 heavy (non-hydrogen) atoms. The van der Waals surface area contributed by atoms with Crippen molar-refractivity contribution in [3.05, 3.63) is 18.0 Å². The molecule has 2 aliphatic rings. The molecular formula is C16H26N4O. The van der Waals surface area contributed by atoms with E-state index in [2.05, 4.69) is 21.5 Å². The van der Waals surface area contributed by atoms with Gasteiger partial charge in [-0.2, -0.15) is 5.10 Å². The van der Waals surface area contributed by atoms with Crippen LogP contribution in [0.15, 0.2) is 12.4 Å². The van der Waals surface area contributed by atoms with Crippen LogP contribution in [0.25, 0.3) is 0 Å². The SMILES string of the molecule is Cn1cc(CCCN2CC3(CCNCC3)CCC2=O)cn1. The first-order chi connectivity index (χ1) is 10.2. The van der Waals surface area contributed by atoms with Gasteiger partial charge in [0, 0.05) is 32.8 Å². The van der Waals surface area contributed by atoms with Crippen LogP contribution in [0.4, 0.5) is 0 Å². The molecule has 5 nitrogen and oxygen atoms in total. The molecule has 1 aromatic heterocycles. The summed E-state index contributed by atoms with van der Waals surface area (Å²) in [6.07, 6.45) is 10.3. The summed E-state index contributed by atoms with van der Waals surface area (Å²) in [6.45, 7) is 4.08. The number of piperidine rings is 2. The molecule has 5 heteroatoms. The molecule has 0 bridgehead atoms. The first-order valence-electron chi connectivity index (χ1n) is 8.13. The smallest absolute Gasteiger partial charge is 0.222 e. The van der Waals surface area contributed by atoms with Gasteiger partial charge in [0.05, 0.1) is 6.20 Å². The van der Waals surface area contributed by atoms with E-state index in [-0.39, 0.29) is 0 Å². The Balaban J connectivity index is 1.52. The lowest BCUT2D eigenvalue weighted by molar-refractivity contribution is -0.138. The molecule has 0 unspecified atom stereocenters. The minimum absolute atomic E-state index is 0.352. The summed E-state index contributed by atoms with van der Waals surface area (Å²) in [5.41, 5.74) is 1.66. The van der Waals surface area contributed by atoms with Crippen molar-refractivity contribution in [1.82, 2.24) is 20.0 Å². The van der Waals surface area contributed by atoms with Crippen molar-refractivity contribution in [3.8, 4) is 0 Å². The zero-order valence-corrected chi connectivity index (χ0v) is 13.0. The Bertz CT molecular complexity index is 490. The van der Waals surface area contributed by atoms with Crippen LogP contribution in [-0.4, -0.2) is 46.8 Å². The maximum absolute atomic E-state index is 12.2. The molecule has 0 atom stereocenters. The van der Waals surface area contributed by atoms with Gasteiger partial charge >= 0.3 is 0 Å². The topological polar surface area (TPSA) is 50.2 Å². The lowest BCUT2D eigenvalue weighted by Crippen LogP contribution is -2.50. The zero-order chi connectivity index (χ0) is 14.7. The van der Waals surface area contributed by atoms with Crippen LogP contribution < -0.4 is 5.32 Å². The van der Waals surface area contributed by atoms with Gasteiger partial charge in [0.2, 0.25) is 5.91 Å². The number of aryl methyl sites for hydroxylation is 2. The average Bonchev–Trinajstić information content (AvgIpc) is 2.90. The zero-order valence-electron chi connectivity index (χ0n) is 13.0. The molecule has 3 rings (SSSR count). The van der Waals surface area contributed by atoms with Gasteiger partial charge in [-0.05, 0) is 56.2 Å². The monoisotopic (exact) mass is 290 g/mol. The van der Waals surface area contributed by atoms with E-state index in [9.17, 15) is 4.79 Å². The first kappa shape index (κ1) is 14.6. The molecule has 1 N–H and O–H groups in total. The second-order valence-electron chi connectivity index (χ2n) is 6.69. The van der Waals surface area contributed by atoms with Crippen LogP contribution in [0.2, 0.25) is 0 Å². The molecule has 2 saturated heterocycles. The van der Waals surface area contributed by atoms with Crippen molar-refractivity contribution in [3.63, 3.8) is 0 Å². The number of hydrogen-bond donors (Lipinski definition) is 1. The number of rotatable bonds is 4. The van der Waals surface area contributed by atoms with Crippen LogP contribution in [0.1, 0.15) is 37.7 Å². The first-order valence-corrected chi connectivity index (χ1v) is 8.13. The number of nitrogens with one attached hydrogen (secondary N) is 1. The fourth-order valence-electron chi connectivity index (χ4n) is 3.75. The molecule has 1 spiro atoms. The normalized spacial score (nSPS) is 22.0. The van der Waals surface area contributed by atoms with Gasteiger partial charge in [-0.25, -0.2) is 0 Å². The highest BCUT2D eigenvalue weighted by Crippen LogP contribution is 2.38. The van der Waals surface area contributed by atoms with E-state index in [0.29, 0.717) is 11.3 Å². The van der Waals surface area contributed by atoms with E-state index < -0.39 is 0 Å². The molecule has 0 saturated carbocycles. The number of carbonyl (C=O) groups excluding carboxylic acids is 1. The van der Waals surface area contributed by atoms with Crippen molar-refractivity contribution in [1.29, 1.82) is 0 Å². The van der Waals surface area contributed by atoms with Crippen molar-refractivity contribution in [2.45, 2.75) is 38.5 Å². The van der Waals surface area contributed by atoms with Crippen molar-refractivity contribution >= 4 is 5.91 Å². The molecule has 0 aliphatic carbocycles. The van der Waals surface area contributed by atoms with E-state index in [4.69, 9.17) is 0 Å². The predicted molar refractivity (Wildman–Crippen MR) is 81.9 cm³/mol. The summed E-state index contributed by atoms with van der Waals surface area (Å²) in [5, 5.41) is 7.63. The van der Waals surface area contributed by atoms with Gasteiger partial charge < -0.3 is 10.2 Å². The molecule has 1 amide bonds. The summed E-state index contributed by atoms with van der Waals surface area (Å²) < 4.78 is 1.84. The summed E-state index contributed by atoms with van der Waals surface area (Å²) in [6, 6.07) is 0. The van der Waals surface area contributed by atoms with Gasteiger partial charge in [-0.1, -0.05) is 0 Å². The van der Waals surface area contributed by atoms with Gasteiger partial charge in [0.25, 0.3) is 0 Å². The van der Waals surface area contributed by atoms with Gasteiger partial charge in [-0.3, -0.25) is 9.48 Å². The second-order valence-corrected chi connectivity index (χ2v) is 6.69. The van der Waals surface area contributed by atoms with Crippen LogP contribution in [0, 0.1) is 5.41 Å². The van der Waals surface area contributed by atoms with E-state index in [0.717, 1.165) is 51.9 Å². The lowest BCUT2D eigenvalue weighted by Gasteiger charge is -2.45. The summed E-state index contributed by atoms with van der Waals surface area (Å²) in [7, 11) is 1.94. The summed E-state index contributed by atoms with van der Waals surface area (Å²) in [5.74, 6) is 0.352. The minimum atomic E-state index is 0.352. The fraction of sp³-hybridized carbons (Fsp3) is 0.750. The largest absolute Gasteiger partial charge is 0.342 e. The third-order valence-corrected chi connectivity index (χ3v) is 5.06. The van der Waals surface area contributed by atoms with Gasteiger partial charge in [0.1, 0.15) is 0 Å². The maximum atomic E-state index is 12.2. The predicted octanol–water partition coefficient (Wildman–Crippen LogP) is 1.34. The summed E-state index contributed by atoms with van der Waals surface area (Å²) in [4.78, 5) is 14.3. The number of carbonyl (C=O) groups is 1. The molecular weight excluding hydrogens is 264 g/mol. The van der Waals surface area contributed by atoms with Crippen molar-refractivity contribution < 1.29 is 4.79 Å². The minimum Gasteiger partial charge on any atom is -0.342 e. The Hall–Kier alpha value is -1.36. The maximum Gasteiger partial charge on any atom is 0.222 e. The van der Waals surface area contributed by atoms with Crippen LogP contribution in [-0.2, 0) is 18.3 Å². The molecule has 0 radical (unpaired) electrons. The van der Waals surface area contributed by atoms with Crippen LogP contribution in [0.5, 0.6) is 0 Å². The molecule has 2 aliphatic heterocycles. The third-order valence-electron chi connectivity index (χ3n) is 5.06. The highest BCUT2D eigenvalue weighted by molar-refractivity contribution is 5.77. The van der Waals surface area contributed by atoms with E-state index in [1.807, 2.05) is 17.9 Å². The Morgan fingerprint density at radius 1 is 1.33 bits per heavy atom. The van der Waals surface area contributed by atoms with Crippen molar-refractivity contribution in [2.24, 2.45) is 12.5 Å². The second kappa shape index (κ2) is 6.18. The highest BCUT2D eigenvalue weighted by atomic mass is 16.2. The Morgan fingerprint density at radius 2 is 2.14 bits per heavy atom. The standard InChI is InChI=1S/C16H26N4O/c1-19-12-14(11-18-19)3-2-10-20-13-16(5-4-15(20)21)6-8-17-9-7-16/h11-12,17H,2-10,13H2,1H3. The highest BCUT2D eigenvalue weighted by Gasteiger charge is 2.38. The molecule has 2 fully saturated rings.